The number of amides is 1. The molecule has 96 valence electrons. The molecule has 1 N–H and O–H groups in total. The van der Waals surface area contributed by atoms with Crippen LogP contribution in [0.1, 0.15) is 33.6 Å². The molecule has 0 saturated carbocycles. The minimum atomic E-state index is -0.527. The molecule has 1 amide bonds. The summed E-state index contributed by atoms with van der Waals surface area (Å²) < 4.78 is 0. The van der Waals surface area contributed by atoms with Crippen LogP contribution in [0.3, 0.4) is 0 Å². The van der Waals surface area contributed by atoms with Crippen LogP contribution < -0.4 is 5.32 Å². The lowest BCUT2D eigenvalue weighted by molar-refractivity contribution is -0.124. The molecule has 0 radical (unpaired) electrons. The molecule has 0 aromatic carbocycles. The molecule has 1 aliphatic rings. The summed E-state index contributed by atoms with van der Waals surface area (Å²) in [5.74, 6) is -0.587. The zero-order chi connectivity index (χ0) is 12.8. The van der Waals surface area contributed by atoms with Gasteiger partial charge in [-0.05, 0) is 38.8 Å². The quantitative estimate of drug-likeness (QED) is 0.786. The maximum absolute atomic E-state index is 11.8. The second kappa shape index (κ2) is 6.61. The van der Waals surface area contributed by atoms with Gasteiger partial charge in [-0.2, -0.15) is 5.26 Å². The molecule has 0 spiro atoms. The van der Waals surface area contributed by atoms with E-state index in [1.165, 1.54) is 12.8 Å². The summed E-state index contributed by atoms with van der Waals surface area (Å²) in [6, 6.07) is 2.44. The third-order valence-electron chi connectivity index (χ3n) is 3.42. The van der Waals surface area contributed by atoms with Crippen LogP contribution >= 0.6 is 0 Å². The van der Waals surface area contributed by atoms with Gasteiger partial charge in [0, 0.05) is 12.6 Å². The molecule has 4 heteroatoms. The summed E-state index contributed by atoms with van der Waals surface area (Å²) in [5, 5.41) is 11.8. The lowest BCUT2D eigenvalue weighted by Gasteiger charge is -2.24. The molecule has 0 aliphatic carbocycles. The minimum Gasteiger partial charge on any atom is -0.353 e. The van der Waals surface area contributed by atoms with Crippen molar-refractivity contribution in [1.29, 1.82) is 5.26 Å². The molecule has 1 aliphatic heterocycles. The first-order valence-corrected chi connectivity index (χ1v) is 6.47. The molecular weight excluding hydrogens is 214 g/mol. The van der Waals surface area contributed by atoms with Crippen LogP contribution in [0.15, 0.2) is 0 Å². The smallest absolute Gasteiger partial charge is 0.237 e. The number of nitrogens with zero attached hydrogens (tertiary/aromatic N) is 2. The Bertz CT molecular complexity index is 290. The average molecular weight is 237 g/mol. The van der Waals surface area contributed by atoms with Crippen molar-refractivity contribution in [1.82, 2.24) is 10.2 Å². The number of nitriles is 1. The minimum absolute atomic E-state index is 0.0714. The summed E-state index contributed by atoms with van der Waals surface area (Å²) in [7, 11) is 0. The van der Waals surface area contributed by atoms with E-state index >= 15 is 0 Å². The highest BCUT2D eigenvalue weighted by Gasteiger charge is 2.23. The fourth-order valence-electron chi connectivity index (χ4n) is 2.18. The highest BCUT2D eigenvalue weighted by Crippen LogP contribution is 2.12. The molecule has 17 heavy (non-hydrogen) atoms. The summed E-state index contributed by atoms with van der Waals surface area (Å²) in [6.45, 7) is 8.83. The number of nitrogens with one attached hydrogen (secondary N) is 1. The van der Waals surface area contributed by atoms with E-state index in [2.05, 4.69) is 23.2 Å². The van der Waals surface area contributed by atoms with Crippen molar-refractivity contribution >= 4 is 5.91 Å². The van der Waals surface area contributed by atoms with E-state index in [1.54, 1.807) is 0 Å². The zero-order valence-electron chi connectivity index (χ0n) is 11.1. The Balaban J connectivity index is 2.34. The second-order valence-electron chi connectivity index (χ2n) is 5.19. The van der Waals surface area contributed by atoms with Crippen molar-refractivity contribution < 1.29 is 4.79 Å². The van der Waals surface area contributed by atoms with Gasteiger partial charge in [0.25, 0.3) is 0 Å². The molecule has 1 rings (SSSR count). The van der Waals surface area contributed by atoms with Gasteiger partial charge >= 0.3 is 0 Å². The number of carbonyl (C=O) groups excluding carboxylic acids is 1. The predicted octanol–water partition coefficient (Wildman–Crippen LogP) is 1.38. The Morgan fingerprint density at radius 3 is 2.41 bits per heavy atom. The van der Waals surface area contributed by atoms with Gasteiger partial charge in [-0.1, -0.05) is 13.8 Å². The largest absolute Gasteiger partial charge is 0.353 e. The monoisotopic (exact) mass is 237 g/mol. The summed E-state index contributed by atoms with van der Waals surface area (Å²) >= 11 is 0. The fraction of sp³-hybridized carbons (Fsp3) is 0.846. The lowest BCUT2D eigenvalue weighted by Crippen LogP contribution is -2.43. The molecule has 2 unspecified atom stereocenters. The summed E-state index contributed by atoms with van der Waals surface area (Å²) in [6.07, 6.45) is 2.51. The molecular formula is C13H23N3O. The van der Waals surface area contributed by atoms with Crippen molar-refractivity contribution in [2.45, 2.75) is 39.7 Å². The number of carbonyl (C=O) groups is 1. The number of hydrogen-bond acceptors (Lipinski definition) is 3. The Morgan fingerprint density at radius 2 is 1.94 bits per heavy atom. The van der Waals surface area contributed by atoms with Crippen molar-refractivity contribution in [3.63, 3.8) is 0 Å². The maximum atomic E-state index is 11.8. The first kappa shape index (κ1) is 14.0. The highest BCUT2D eigenvalue weighted by molar-refractivity contribution is 5.81. The van der Waals surface area contributed by atoms with Crippen molar-refractivity contribution in [2.75, 3.05) is 19.6 Å². The van der Waals surface area contributed by atoms with Crippen LogP contribution in [0.2, 0.25) is 0 Å². The first-order valence-electron chi connectivity index (χ1n) is 6.47. The zero-order valence-corrected chi connectivity index (χ0v) is 11.1. The van der Waals surface area contributed by atoms with Gasteiger partial charge in [-0.15, -0.1) is 0 Å². The fourth-order valence-corrected chi connectivity index (χ4v) is 2.18. The second-order valence-corrected chi connectivity index (χ2v) is 5.19. The molecule has 0 aromatic rings. The van der Waals surface area contributed by atoms with Gasteiger partial charge in [0.1, 0.15) is 5.92 Å². The number of rotatable bonds is 5. The average Bonchev–Trinajstić information content (AvgIpc) is 2.79. The van der Waals surface area contributed by atoms with E-state index in [9.17, 15) is 4.79 Å². The van der Waals surface area contributed by atoms with Gasteiger partial charge in [0.2, 0.25) is 5.91 Å². The number of hydrogen-bond donors (Lipinski definition) is 1. The van der Waals surface area contributed by atoms with Crippen LogP contribution in [-0.2, 0) is 4.79 Å². The molecule has 2 atom stereocenters. The molecule has 0 bridgehead atoms. The number of likely N-dealkylation sites (tertiary alicyclic amines) is 1. The first-order chi connectivity index (χ1) is 8.06. The van der Waals surface area contributed by atoms with Gasteiger partial charge < -0.3 is 5.32 Å². The van der Waals surface area contributed by atoms with Crippen LogP contribution in [0.4, 0.5) is 0 Å². The molecule has 4 nitrogen and oxygen atoms in total. The Labute approximate surface area is 104 Å². The van der Waals surface area contributed by atoms with Crippen molar-refractivity contribution in [3.05, 3.63) is 0 Å². The van der Waals surface area contributed by atoms with E-state index in [0.29, 0.717) is 12.6 Å². The van der Waals surface area contributed by atoms with E-state index < -0.39 is 5.92 Å². The highest BCUT2D eigenvalue weighted by atomic mass is 16.1. The Hall–Kier alpha value is -1.08. The summed E-state index contributed by atoms with van der Waals surface area (Å²) in [4.78, 5) is 14.2. The van der Waals surface area contributed by atoms with E-state index in [1.807, 2.05) is 13.8 Å². The normalized spacial score (nSPS) is 19.9. The van der Waals surface area contributed by atoms with Crippen LogP contribution in [0.25, 0.3) is 0 Å². The molecule has 1 fully saturated rings. The van der Waals surface area contributed by atoms with Gasteiger partial charge in [0.15, 0.2) is 0 Å². The van der Waals surface area contributed by atoms with Gasteiger partial charge in [-0.25, -0.2) is 0 Å². The third-order valence-corrected chi connectivity index (χ3v) is 3.42. The van der Waals surface area contributed by atoms with Crippen LogP contribution in [0, 0.1) is 23.2 Å². The van der Waals surface area contributed by atoms with E-state index in [4.69, 9.17) is 5.26 Å². The standard InChI is InChI=1S/C13H23N3O/c1-10(2)12(8-14)13(17)15-9-11(3)16-6-4-5-7-16/h10-12H,4-7,9H2,1-3H3,(H,15,17). The molecule has 1 saturated heterocycles. The topological polar surface area (TPSA) is 56.1 Å². The molecule has 1 heterocycles. The van der Waals surface area contributed by atoms with Crippen LogP contribution in [-0.4, -0.2) is 36.5 Å². The SMILES string of the molecule is CC(C)C(C#N)C(=O)NCC(C)N1CCCC1. The van der Waals surface area contributed by atoms with E-state index in [0.717, 1.165) is 13.1 Å². The third kappa shape index (κ3) is 4.01. The van der Waals surface area contributed by atoms with Gasteiger partial charge in [-0.3, -0.25) is 9.69 Å². The lowest BCUT2D eigenvalue weighted by atomic mass is 9.96. The maximum Gasteiger partial charge on any atom is 0.237 e. The van der Waals surface area contributed by atoms with Gasteiger partial charge in [0.05, 0.1) is 6.07 Å². The van der Waals surface area contributed by atoms with Crippen molar-refractivity contribution in [3.8, 4) is 6.07 Å². The predicted molar refractivity (Wildman–Crippen MR) is 67.2 cm³/mol. The molecule has 0 aromatic heterocycles. The summed E-state index contributed by atoms with van der Waals surface area (Å²) in [5.41, 5.74) is 0. The van der Waals surface area contributed by atoms with Crippen LogP contribution in [0.5, 0.6) is 0 Å². The Morgan fingerprint density at radius 1 is 1.35 bits per heavy atom. The van der Waals surface area contributed by atoms with E-state index in [-0.39, 0.29) is 11.8 Å². The Kier molecular flexibility index (Phi) is 5.43. The van der Waals surface area contributed by atoms with Crippen molar-refractivity contribution in [2.24, 2.45) is 11.8 Å².